The van der Waals surface area contributed by atoms with Crippen molar-refractivity contribution in [1.82, 2.24) is 4.57 Å². The molecule has 0 aliphatic rings. The van der Waals surface area contributed by atoms with E-state index in [2.05, 4.69) is 12.1 Å². The van der Waals surface area contributed by atoms with Crippen molar-refractivity contribution in [2.45, 2.75) is 19.9 Å². The molecule has 1 heterocycles. The van der Waals surface area contributed by atoms with Gasteiger partial charge in [0.15, 0.2) is 0 Å². The van der Waals surface area contributed by atoms with E-state index in [9.17, 15) is 9.65 Å². The van der Waals surface area contributed by atoms with Gasteiger partial charge in [0.1, 0.15) is 17.6 Å². The fourth-order valence-electron chi connectivity index (χ4n) is 2.87. The summed E-state index contributed by atoms with van der Waals surface area (Å²) in [7, 11) is 0. The summed E-state index contributed by atoms with van der Waals surface area (Å²) < 4.78 is 15.0. The minimum absolute atomic E-state index is 0.272. The number of rotatable bonds is 4. The topological polar surface area (TPSA) is 54.7 Å². The molecule has 4 heteroatoms. The molecule has 0 aliphatic heterocycles. The molecular weight excluding hydrogens is 301 g/mol. The first kappa shape index (κ1) is 15.8. The number of aryl methyl sites for hydroxylation is 1. The number of nitriles is 1. The van der Waals surface area contributed by atoms with E-state index in [0.717, 1.165) is 16.8 Å². The molecule has 0 spiro atoms. The molecule has 3 aromatic rings. The summed E-state index contributed by atoms with van der Waals surface area (Å²) in [6, 6.07) is 18.4. The van der Waals surface area contributed by atoms with Crippen LogP contribution in [0, 0.1) is 24.1 Å². The average molecular weight is 319 g/mol. The Balaban J connectivity index is 1.98. The molecule has 0 fully saturated rings. The molecule has 0 bridgehead atoms. The lowest BCUT2D eigenvalue weighted by atomic mass is 10.1. The zero-order chi connectivity index (χ0) is 17.1. The van der Waals surface area contributed by atoms with Gasteiger partial charge in [-0.3, -0.25) is 0 Å². The molecule has 0 amide bonds. The molecule has 2 aromatic carbocycles. The van der Waals surface area contributed by atoms with Gasteiger partial charge in [0.2, 0.25) is 0 Å². The third-order valence-corrected chi connectivity index (χ3v) is 4.06. The van der Waals surface area contributed by atoms with Crippen molar-refractivity contribution < 1.29 is 4.39 Å². The van der Waals surface area contributed by atoms with E-state index in [4.69, 9.17) is 5.73 Å². The molecule has 120 valence electrons. The molecule has 0 unspecified atom stereocenters. The lowest BCUT2D eigenvalue weighted by Gasteiger charge is -2.12. The van der Waals surface area contributed by atoms with Gasteiger partial charge < -0.3 is 10.3 Å². The summed E-state index contributed by atoms with van der Waals surface area (Å²) in [5, 5.41) is 9.40. The number of hydrogen-bond donors (Lipinski definition) is 1. The molecule has 0 saturated heterocycles. The monoisotopic (exact) mass is 319 g/mol. The lowest BCUT2D eigenvalue weighted by Crippen LogP contribution is -2.08. The van der Waals surface area contributed by atoms with Gasteiger partial charge in [-0.1, -0.05) is 42.0 Å². The third-order valence-electron chi connectivity index (χ3n) is 4.06. The van der Waals surface area contributed by atoms with Gasteiger partial charge >= 0.3 is 0 Å². The fourth-order valence-corrected chi connectivity index (χ4v) is 2.87. The van der Waals surface area contributed by atoms with Gasteiger partial charge in [0.25, 0.3) is 0 Å². The van der Waals surface area contributed by atoms with Crippen molar-refractivity contribution in [2.24, 2.45) is 0 Å². The summed E-state index contributed by atoms with van der Waals surface area (Å²) in [6.45, 7) is 2.53. The summed E-state index contributed by atoms with van der Waals surface area (Å²) in [4.78, 5) is 0. The highest BCUT2D eigenvalue weighted by molar-refractivity contribution is 5.52. The van der Waals surface area contributed by atoms with Crippen LogP contribution in [0.5, 0.6) is 0 Å². The van der Waals surface area contributed by atoms with Crippen LogP contribution >= 0.6 is 0 Å². The highest BCUT2D eigenvalue weighted by atomic mass is 19.1. The highest BCUT2D eigenvalue weighted by Gasteiger charge is 2.14. The maximum atomic E-state index is 13.1. The maximum absolute atomic E-state index is 13.1. The number of aromatic nitrogens is 1. The van der Waals surface area contributed by atoms with Crippen LogP contribution in [-0.4, -0.2) is 4.57 Å². The first-order valence-corrected chi connectivity index (χ1v) is 7.75. The Morgan fingerprint density at radius 3 is 2.50 bits per heavy atom. The van der Waals surface area contributed by atoms with Crippen LogP contribution in [0.3, 0.4) is 0 Å². The lowest BCUT2D eigenvalue weighted by molar-refractivity contribution is 0.626. The number of halogens is 1. The van der Waals surface area contributed by atoms with Crippen LogP contribution < -0.4 is 5.73 Å². The molecule has 0 atom stereocenters. The van der Waals surface area contributed by atoms with Crippen LogP contribution in [0.2, 0.25) is 0 Å². The second-order valence-corrected chi connectivity index (χ2v) is 5.92. The van der Waals surface area contributed by atoms with Crippen LogP contribution in [0.1, 0.15) is 28.1 Å². The van der Waals surface area contributed by atoms with E-state index >= 15 is 0 Å². The standard InChI is InChI=1S/C20H18FN3/c1-14-3-2-4-16(9-14)10-20-19(23)11-18(12-22)24(20)13-15-5-7-17(21)8-6-15/h2-9,11H,10,13,23H2,1H3. The Labute approximate surface area is 140 Å². The van der Waals surface area contributed by atoms with E-state index in [-0.39, 0.29) is 5.82 Å². The van der Waals surface area contributed by atoms with E-state index < -0.39 is 0 Å². The molecule has 0 radical (unpaired) electrons. The quantitative estimate of drug-likeness (QED) is 0.789. The highest BCUT2D eigenvalue weighted by Crippen LogP contribution is 2.23. The van der Waals surface area contributed by atoms with Crippen molar-refractivity contribution in [3.8, 4) is 6.07 Å². The number of nitrogen functional groups attached to an aromatic ring is 1. The molecule has 3 rings (SSSR count). The van der Waals surface area contributed by atoms with E-state index in [1.54, 1.807) is 18.2 Å². The predicted octanol–water partition coefficient (Wildman–Crippen LogP) is 4.03. The Bertz CT molecular complexity index is 902. The van der Waals surface area contributed by atoms with Gasteiger partial charge in [-0.15, -0.1) is 0 Å². The average Bonchev–Trinajstić information content (AvgIpc) is 2.85. The van der Waals surface area contributed by atoms with E-state index in [0.29, 0.717) is 24.3 Å². The van der Waals surface area contributed by atoms with Gasteiger partial charge in [-0.05, 0) is 36.2 Å². The minimum atomic E-state index is -0.272. The van der Waals surface area contributed by atoms with Gasteiger partial charge in [-0.2, -0.15) is 5.26 Å². The van der Waals surface area contributed by atoms with Crippen molar-refractivity contribution in [3.05, 3.63) is 88.5 Å². The normalized spacial score (nSPS) is 10.5. The molecule has 24 heavy (non-hydrogen) atoms. The number of hydrogen-bond acceptors (Lipinski definition) is 2. The fraction of sp³-hybridized carbons (Fsp3) is 0.150. The predicted molar refractivity (Wildman–Crippen MR) is 93.0 cm³/mol. The Hall–Kier alpha value is -3.06. The Kier molecular flexibility index (Phi) is 4.35. The first-order valence-electron chi connectivity index (χ1n) is 7.75. The van der Waals surface area contributed by atoms with Crippen LogP contribution in [-0.2, 0) is 13.0 Å². The first-order chi connectivity index (χ1) is 11.6. The number of nitrogens with zero attached hydrogens (tertiary/aromatic N) is 2. The molecule has 0 aliphatic carbocycles. The molecular formula is C20H18FN3. The summed E-state index contributed by atoms with van der Waals surface area (Å²) in [6.07, 6.45) is 0.649. The Morgan fingerprint density at radius 1 is 1.08 bits per heavy atom. The van der Waals surface area contributed by atoms with Crippen molar-refractivity contribution >= 4 is 5.69 Å². The third kappa shape index (κ3) is 3.31. The van der Waals surface area contributed by atoms with Crippen molar-refractivity contribution in [1.29, 1.82) is 5.26 Å². The molecule has 3 nitrogen and oxygen atoms in total. The molecule has 2 N–H and O–H groups in total. The smallest absolute Gasteiger partial charge is 0.123 e. The molecule has 1 aromatic heterocycles. The summed E-state index contributed by atoms with van der Waals surface area (Å²) in [5.74, 6) is -0.272. The second-order valence-electron chi connectivity index (χ2n) is 5.92. The number of nitrogens with two attached hydrogens (primary N) is 1. The summed E-state index contributed by atoms with van der Waals surface area (Å²) in [5.41, 5.74) is 11.4. The van der Waals surface area contributed by atoms with E-state index in [1.807, 2.05) is 29.7 Å². The SMILES string of the molecule is Cc1cccc(Cc2c(N)cc(C#N)n2Cc2ccc(F)cc2)c1. The summed E-state index contributed by atoms with van der Waals surface area (Å²) >= 11 is 0. The van der Waals surface area contributed by atoms with Gasteiger partial charge in [-0.25, -0.2) is 4.39 Å². The molecule has 0 saturated carbocycles. The van der Waals surface area contributed by atoms with Crippen LogP contribution in [0.25, 0.3) is 0 Å². The van der Waals surface area contributed by atoms with E-state index in [1.165, 1.54) is 17.7 Å². The largest absolute Gasteiger partial charge is 0.397 e. The van der Waals surface area contributed by atoms with Gasteiger partial charge in [0.05, 0.1) is 5.69 Å². The zero-order valence-electron chi connectivity index (χ0n) is 13.5. The van der Waals surface area contributed by atoms with Crippen molar-refractivity contribution in [2.75, 3.05) is 5.73 Å². The maximum Gasteiger partial charge on any atom is 0.123 e. The number of anilines is 1. The van der Waals surface area contributed by atoms with Crippen LogP contribution in [0.4, 0.5) is 10.1 Å². The second kappa shape index (κ2) is 6.59. The minimum Gasteiger partial charge on any atom is -0.397 e. The van der Waals surface area contributed by atoms with Gasteiger partial charge in [0, 0.05) is 18.7 Å². The Morgan fingerprint density at radius 2 is 1.83 bits per heavy atom. The van der Waals surface area contributed by atoms with Crippen LogP contribution in [0.15, 0.2) is 54.6 Å². The number of benzene rings is 2. The van der Waals surface area contributed by atoms with Crippen molar-refractivity contribution in [3.63, 3.8) is 0 Å². The zero-order valence-corrected chi connectivity index (χ0v) is 13.5.